The molecule has 16 aromatic rings. The number of aryl methyl sites for hydroxylation is 2. The van der Waals surface area contributed by atoms with E-state index in [-0.39, 0.29) is 35.9 Å². The first-order valence-corrected chi connectivity index (χ1v) is 45.7. The van der Waals surface area contributed by atoms with Gasteiger partial charge in [-0.1, -0.05) is 85.8 Å². The minimum absolute atomic E-state index is 0.0288. The number of nitrogens with zero attached hydrogens (tertiary/aromatic N) is 12. The fraction of sp³-hybridized carbons (Fsp3) is 0.235. The Morgan fingerprint density at radius 3 is 0.797 bits per heavy atom. The van der Waals surface area contributed by atoms with Crippen LogP contribution in [0.3, 0.4) is 0 Å². The molecule has 0 aliphatic heterocycles. The number of aromatic nitrogens is 12. The van der Waals surface area contributed by atoms with E-state index in [0.717, 1.165) is 208 Å². The summed E-state index contributed by atoms with van der Waals surface area (Å²) < 4.78 is 162. The molecule has 0 radical (unpaired) electrons. The number of benzene rings is 8. The van der Waals surface area contributed by atoms with Crippen molar-refractivity contribution in [3.05, 3.63) is 276 Å². The zero-order valence-corrected chi connectivity index (χ0v) is 76.6. The van der Waals surface area contributed by atoms with Crippen LogP contribution in [0, 0.1) is 0 Å². The van der Waals surface area contributed by atoms with E-state index in [4.69, 9.17) is 42.9 Å². The number of nitrogens with two attached hydrogens (primary N) is 4. The average molecular weight is 1960 g/mol. The van der Waals surface area contributed by atoms with Crippen molar-refractivity contribution in [1.82, 2.24) is 59.1 Å². The highest BCUT2D eigenvalue weighted by Gasteiger charge is 2.37. The van der Waals surface area contributed by atoms with Crippen molar-refractivity contribution >= 4 is 137 Å². The third kappa shape index (κ3) is 23.3. The lowest BCUT2D eigenvalue weighted by Gasteiger charge is -2.12. The smallest absolute Gasteiger partial charge is 0.394 e. The Labute approximate surface area is 808 Å². The Hall–Kier alpha value is -16.6. The van der Waals surface area contributed by atoms with Gasteiger partial charge in [0.15, 0.2) is 45.9 Å². The number of aliphatic hydroxyl groups is 1. The van der Waals surface area contributed by atoms with Crippen LogP contribution in [0.1, 0.15) is 140 Å². The summed E-state index contributed by atoms with van der Waals surface area (Å²) in [7, 11) is 0. The second-order valence-electron chi connectivity index (χ2n) is 34.7. The molecule has 0 bridgehead atoms. The number of allylic oxidation sites excluding steroid dienone is 1. The van der Waals surface area contributed by atoms with Crippen LogP contribution in [0.2, 0.25) is 0 Å². The maximum Gasteiger partial charge on any atom is 0.416 e. The summed E-state index contributed by atoms with van der Waals surface area (Å²) in [6.07, 6.45) is -6.58. The number of nitrogen functional groups attached to an aromatic ring is 4. The molecule has 8 heterocycles. The molecule has 0 spiro atoms. The number of anilines is 12. The Morgan fingerprint density at radius 2 is 0.566 bits per heavy atom. The maximum atomic E-state index is 12.9. The summed E-state index contributed by atoms with van der Waals surface area (Å²) in [6.45, 7) is 9.88. The van der Waals surface area contributed by atoms with Gasteiger partial charge in [0.1, 0.15) is 0 Å². The number of rotatable bonds is 23. The first-order chi connectivity index (χ1) is 68.4. The maximum absolute atomic E-state index is 12.9. The van der Waals surface area contributed by atoms with Crippen molar-refractivity contribution in [1.29, 1.82) is 0 Å². The molecule has 0 unspecified atom stereocenters. The van der Waals surface area contributed by atoms with E-state index >= 15 is 0 Å². The number of urea groups is 4. The van der Waals surface area contributed by atoms with Gasteiger partial charge in [0.2, 0.25) is 0 Å². The number of aliphatic hydroxyl groups excluding tert-OH is 1. The summed E-state index contributed by atoms with van der Waals surface area (Å²) in [5.74, 6) is 3.21. The van der Waals surface area contributed by atoms with E-state index in [0.29, 0.717) is 99.5 Å². The fourth-order valence-corrected chi connectivity index (χ4v) is 16.4. The van der Waals surface area contributed by atoms with Crippen molar-refractivity contribution in [3.8, 4) is 44.5 Å². The quantitative estimate of drug-likeness (QED) is 0.0209. The number of nitrogens with one attached hydrogen (secondary N) is 8. The highest BCUT2D eigenvalue weighted by Crippen LogP contribution is 2.49. The summed E-state index contributed by atoms with van der Waals surface area (Å²) in [5.41, 5.74) is 37.6. The van der Waals surface area contributed by atoms with Gasteiger partial charge in [-0.05, 0) is 255 Å². The lowest BCUT2D eigenvalue weighted by Crippen LogP contribution is -2.19. The number of carbonyl (C=O) groups is 4. The zero-order valence-electron chi connectivity index (χ0n) is 76.6. The molecule has 4 saturated carbocycles. The highest BCUT2D eigenvalue weighted by molar-refractivity contribution is 6.07. The molecule has 20 rings (SSSR count). The summed E-state index contributed by atoms with van der Waals surface area (Å²) >= 11 is 0. The summed E-state index contributed by atoms with van der Waals surface area (Å²) in [4.78, 5) is 68.7. The van der Waals surface area contributed by atoms with E-state index in [1.165, 1.54) is 48.5 Å². The second-order valence-corrected chi connectivity index (χ2v) is 34.7. The van der Waals surface area contributed by atoms with E-state index in [1.807, 2.05) is 72.3 Å². The Morgan fingerprint density at radius 1 is 0.336 bits per heavy atom. The minimum atomic E-state index is -4.50. The van der Waals surface area contributed by atoms with Crippen LogP contribution in [0.15, 0.2) is 231 Å². The first kappa shape index (κ1) is 98.0. The molecular formula is C102H94F12N24O5. The molecule has 4 fully saturated rings. The lowest BCUT2D eigenvalue weighted by atomic mass is 10.0. The molecule has 4 aliphatic rings. The predicted octanol–water partition coefficient (Wildman–Crippen LogP) is 24.5. The highest BCUT2D eigenvalue weighted by atomic mass is 19.4. The number of halogens is 12. The van der Waals surface area contributed by atoms with E-state index < -0.39 is 71.1 Å². The molecule has 8 aromatic carbocycles. The van der Waals surface area contributed by atoms with Crippen LogP contribution in [-0.4, -0.2) is 94.9 Å². The standard InChI is InChI=1S/C26H25F3N6O.C26H23F3N6O.C25H23F3N6O2.C25H23F3N6O/c2*1-2-12-35-24-22(23(30)34-35)20(14-21(33-24)16-6-7-16)15-8-10-18(11-9-15)31-25(36)32-19-5-3-4-17(13-19)26(27,28)29;26-25(27,28)16-2-1-3-18(12-16)31-24(36)30-17-8-6-14(7-9-17)19-13-20(15-4-5-15)32-23-21(19)22(29)33-34(23)10-11-35;1-2-34-23-21(22(29)33-34)19(13-20(32-23)15-6-7-15)14-8-10-17(11-9-14)30-24(35)31-18-5-3-4-16(12-18)25(26,27)28/h3-5,8-11,13-14,16H,2,6-7,12H2,1H3,(H2,30,34)(H2,31,32,36);2-5,8-11,13-14,16H,1,6-7,12H2,(H2,30,34)(H2,31,32,36);1-3,6-9,12-13,15,35H,4-5,10-11H2,(H2,29,33)(H2,30,31,36);3-5,8-13,15H,2,6-7H2,1H3,(H2,29,33)(H2,30,31,35). The van der Waals surface area contributed by atoms with Gasteiger partial charge in [-0.25, -0.2) is 57.8 Å². The van der Waals surface area contributed by atoms with Crippen molar-refractivity contribution in [2.75, 3.05) is 72.1 Å². The van der Waals surface area contributed by atoms with E-state index in [9.17, 15) is 77.0 Å². The van der Waals surface area contributed by atoms with Crippen molar-refractivity contribution in [2.24, 2.45) is 0 Å². The molecule has 143 heavy (non-hydrogen) atoms. The van der Waals surface area contributed by atoms with Gasteiger partial charge in [0.25, 0.3) is 0 Å². The SMILES string of the molecule is C=CCn1nc(N)c2c(-c3ccc(NC(=O)Nc4cccc(C(F)(F)F)c4)cc3)cc(C3CC3)nc21.CCCn1nc(N)c2c(-c3ccc(NC(=O)Nc4cccc(C(F)(F)F)c4)cc3)cc(C3CC3)nc21.CCn1nc(N)c2c(-c3ccc(NC(=O)Nc4cccc(C(F)(F)F)c4)cc3)cc(C3CC3)nc21.Nc1nn(CCO)c2nc(C3CC3)cc(-c3ccc(NC(=O)Nc4cccc(C(F)(F)F)c4)cc3)c12. The van der Waals surface area contributed by atoms with Gasteiger partial charge < -0.3 is 70.6 Å². The fourth-order valence-electron chi connectivity index (χ4n) is 16.4. The van der Waals surface area contributed by atoms with Crippen LogP contribution in [0.4, 0.5) is 141 Å². The van der Waals surface area contributed by atoms with Crippen LogP contribution >= 0.6 is 0 Å². The molecule has 0 saturated heterocycles. The van der Waals surface area contributed by atoms with E-state index in [1.54, 1.807) is 68.7 Å². The van der Waals surface area contributed by atoms with Crippen molar-refractivity contribution in [2.45, 2.75) is 146 Å². The van der Waals surface area contributed by atoms with Crippen molar-refractivity contribution < 1.29 is 77.0 Å². The number of carbonyl (C=O) groups excluding carboxylic acids is 4. The molecular weight excluding hydrogens is 1870 g/mol. The molecule has 0 atom stereocenters. The van der Waals surface area contributed by atoms with Gasteiger partial charge in [0.05, 0.1) is 63.5 Å². The summed E-state index contributed by atoms with van der Waals surface area (Å²) in [5, 5.41) is 50.4. The van der Waals surface area contributed by atoms with Crippen molar-refractivity contribution in [3.63, 3.8) is 0 Å². The Bertz CT molecular complexity index is 7250. The predicted molar refractivity (Wildman–Crippen MR) is 527 cm³/mol. The third-order valence-corrected chi connectivity index (χ3v) is 23.9. The number of alkyl halides is 12. The normalized spacial score (nSPS) is 13.6. The van der Waals surface area contributed by atoms with Gasteiger partial charge >= 0.3 is 48.8 Å². The van der Waals surface area contributed by atoms with Crippen LogP contribution in [-0.2, 0) is 50.9 Å². The molecule has 4 aliphatic carbocycles. The molecule has 17 N–H and O–H groups in total. The summed E-state index contributed by atoms with van der Waals surface area (Å²) in [6, 6.07) is 51.9. The van der Waals surface area contributed by atoms with Crippen LogP contribution in [0.5, 0.6) is 0 Å². The number of hydrogen-bond acceptors (Lipinski definition) is 17. The molecule has 8 amide bonds. The second kappa shape index (κ2) is 40.7. The number of fused-ring (bicyclic) bond motifs is 4. The number of amides is 8. The van der Waals surface area contributed by atoms with Gasteiger partial charge in [-0.2, -0.15) is 73.1 Å². The molecule has 736 valence electrons. The van der Waals surface area contributed by atoms with Gasteiger partial charge in [0, 0.05) is 105 Å². The first-order valence-electron chi connectivity index (χ1n) is 45.7. The van der Waals surface area contributed by atoms with Crippen LogP contribution < -0.4 is 65.5 Å². The van der Waals surface area contributed by atoms with Crippen LogP contribution in [0.25, 0.3) is 88.6 Å². The lowest BCUT2D eigenvalue weighted by molar-refractivity contribution is -0.138. The minimum Gasteiger partial charge on any atom is -0.394 e. The monoisotopic (exact) mass is 1960 g/mol. The molecule has 41 heteroatoms. The van der Waals surface area contributed by atoms with Gasteiger partial charge in [-0.15, -0.1) is 6.58 Å². The molecule has 8 aromatic heterocycles. The molecule has 29 nitrogen and oxygen atoms in total. The Kier molecular flexibility index (Phi) is 27.9. The van der Waals surface area contributed by atoms with Gasteiger partial charge in [-0.3, -0.25) is 0 Å². The number of hydrogen-bond donors (Lipinski definition) is 13. The largest absolute Gasteiger partial charge is 0.416 e. The average Bonchev–Trinajstić information content (AvgIpc) is 1.62. The third-order valence-electron chi connectivity index (χ3n) is 23.9. The topological polar surface area (TPSA) is 412 Å². The number of pyridine rings is 4. The zero-order chi connectivity index (χ0) is 101. The van der Waals surface area contributed by atoms with E-state index in [2.05, 4.69) is 88.6 Å². The Balaban J connectivity index is 0.000000131.